The van der Waals surface area contributed by atoms with Crippen LogP contribution in [0.5, 0.6) is 0 Å². The van der Waals surface area contributed by atoms with Gasteiger partial charge in [0.1, 0.15) is 6.10 Å². The molecule has 3 atom stereocenters. The Labute approximate surface area is 143 Å². The van der Waals surface area contributed by atoms with E-state index in [9.17, 15) is 4.79 Å². The number of morpholine rings is 1. The number of nitrogens with zero attached hydrogens (tertiary/aromatic N) is 1. The number of rotatable bonds is 6. The van der Waals surface area contributed by atoms with Crippen LogP contribution in [0.3, 0.4) is 0 Å². The van der Waals surface area contributed by atoms with E-state index in [1.54, 1.807) is 0 Å². The molecule has 2 fully saturated rings. The van der Waals surface area contributed by atoms with Gasteiger partial charge in [0.15, 0.2) is 0 Å². The van der Waals surface area contributed by atoms with Crippen molar-refractivity contribution >= 4 is 5.91 Å². The molecule has 1 unspecified atom stereocenters. The molecule has 6 nitrogen and oxygen atoms in total. The van der Waals surface area contributed by atoms with Crippen LogP contribution >= 0.6 is 0 Å². The summed E-state index contributed by atoms with van der Waals surface area (Å²) >= 11 is 0. The fourth-order valence-electron chi connectivity index (χ4n) is 3.41. The summed E-state index contributed by atoms with van der Waals surface area (Å²) in [5, 5.41) is 3.08. The number of carbonyl (C=O) groups excluding carboxylic acids is 1. The first-order valence-electron chi connectivity index (χ1n) is 8.78. The molecule has 0 radical (unpaired) electrons. The van der Waals surface area contributed by atoms with E-state index >= 15 is 0 Å². The topological polar surface area (TPSA) is 76.8 Å². The second-order valence-electron chi connectivity index (χ2n) is 6.38. The number of hydrogen-bond acceptors (Lipinski definition) is 5. The minimum atomic E-state index is -0.361. The van der Waals surface area contributed by atoms with Crippen molar-refractivity contribution in [1.82, 2.24) is 10.2 Å². The maximum Gasteiger partial charge on any atom is 0.249 e. The van der Waals surface area contributed by atoms with Gasteiger partial charge in [-0.2, -0.15) is 0 Å². The van der Waals surface area contributed by atoms with Gasteiger partial charge in [0.05, 0.1) is 25.4 Å². The van der Waals surface area contributed by atoms with Crippen LogP contribution in [0.15, 0.2) is 30.3 Å². The van der Waals surface area contributed by atoms with Crippen molar-refractivity contribution in [3.05, 3.63) is 35.9 Å². The molecule has 0 aromatic heterocycles. The molecule has 0 saturated carbocycles. The van der Waals surface area contributed by atoms with E-state index in [-0.39, 0.29) is 24.2 Å². The molecule has 1 aromatic rings. The SMILES string of the molecule is NC[C@H]1CC[C@@H](C(=O)NCC(c2ccccc2)N2CCOCC2)O1. The van der Waals surface area contributed by atoms with Crippen molar-refractivity contribution in [3.63, 3.8) is 0 Å². The summed E-state index contributed by atoms with van der Waals surface area (Å²) < 4.78 is 11.1. The number of carbonyl (C=O) groups is 1. The van der Waals surface area contributed by atoms with Gasteiger partial charge in [0, 0.05) is 26.2 Å². The average molecular weight is 333 g/mol. The lowest BCUT2D eigenvalue weighted by molar-refractivity contribution is -0.132. The van der Waals surface area contributed by atoms with Gasteiger partial charge in [-0.3, -0.25) is 9.69 Å². The summed E-state index contributed by atoms with van der Waals surface area (Å²) in [6, 6.07) is 10.5. The summed E-state index contributed by atoms with van der Waals surface area (Å²) in [5.41, 5.74) is 6.83. The molecule has 2 aliphatic heterocycles. The lowest BCUT2D eigenvalue weighted by Gasteiger charge is -2.35. The molecule has 1 amide bonds. The standard InChI is InChI=1S/C18H27N3O3/c19-12-15-6-7-17(24-15)18(22)20-13-16(14-4-2-1-3-5-14)21-8-10-23-11-9-21/h1-5,15-17H,6-13,19H2,(H,20,22)/t15-,16?,17+/m1/s1. The van der Waals surface area contributed by atoms with Crippen molar-refractivity contribution in [2.24, 2.45) is 5.73 Å². The quantitative estimate of drug-likeness (QED) is 0.801. The van der Waals surface area contributed by atoms with Gasteiger partial charge < -0.3 is 20.5 Å². The van der Waals surface area contributed by atoms with E-state index in [4.69, 9.17) is 15.2 Å². The number of nitrogens with two attached hydrogens (primary N) is 1. The molecule has 3 rings (SSSR count). The zero-order valence-corrected chi connectivity index (χ0v) is 14.0. The molecule has 0 spiro atoms. The molecule has 0 bridgehead atoms. The molecule has 1 aromatic carbocycles. The molecule has 2 saturated heterocycles. The van der Waals surface area contributed by atoms with Gasteiger partial charge in [-0.15, -0.1) is 0 Å². The molecule has 0 aliphatic carbocycles. The van der Waals surface area contributed by atoms with Crippen molar-refractivity contribution in [2.75, 3.05) is 39.4 Å². The fourth-order valence-corrected chi connectivity index (χ4v) is 3.41. The maximum absolute atomic E-state index is 12.4. The van der Waals surface area contributed by atoms with Crippen LogP contribution < -0.4 is 11.1 Å². The summed E-state index contributed by atoms with van der Waals surface area (Å²) in [5.74, 6) is -0.0276. The predicted octanol–water partition coefficient (Wildman–Crippen LogP) is 0.682. The molecule has 2 aliphatic rings. The molecule has 2 heterocycles. The van der Waals surface area contributed by atoms with E-state index < -0.39 is 0 Å². The molecule has 132 valence electrons. The van der Waals surface area contributed by atoms with E-state index in [1.165, 1.54) is 5.56 Å². The van der Waals surface area contributed by atoms with Crippen LogP contribution in [0, 0.1) is 0 Å². The monoisotopic (exact) mass is 333 g/mol. The van der Waals surface area contributed by atoms with Crippen LogP contribution in [0.4, 0.5) is 0 Å². The minimum absolute atomic E-state index is 0.0184. The van der Waals surface area contributed by atoms with Crippen molar-refractivity contribution in [1.29, 1.82) is 0 Å². The van der Waals surface area contributed by atoms with Crippen LogP contribution in [0.25, 0.3) is 0 Å². The Morgan fingerprint density at radius 1 is 1.25 bits per heavy atom. The first-order chi connectivity index (χ1) is 11.8. The Hall–Kier alpha value is -1.47. The van der Waals surface area contributed by atoms with Gasteiger partial charge in [-0.25, -0.2) is 0 Å². The third-order valence-corrected chi connectivity index (χ3v) is 4.80. The highest BCUT2D eigenvalue weighted by Gasteiger charge is 2.31. The van der Waals surface area contributed by atoms with Gasteiger partial charge in [0.2, 0.25) is 5.91 Å². The highest BCUT2D eigenvalue weighted by atomic mass is 16.5. The third-order valence-electron chi connectivity index (χ3n) is 4.80. The number of hydrogen-bond donors (Lipinski definition) is 2. The Morgan fingerprint density at radius 2 is 2.00 bits per heavy atom. The van der Waals surface area contributed by atoms with Gasteiger partial charge >= 0.3 is 0 Å². The van der Waals surface area contributed by atoms with E-state index in [2.05, 4.69) is 22.3 Å². The predicted molar refractivity (Wildman–Crippen MR) is 91.5 cm³/mol. The fraction of sp³-hybridized carbons (Fsp3) is 0.611. The van der Waals surface area contributed by atoms with E-state index in [1.807, 2.05) is 18.2 Å². The smallest absolute Gasteiger partial charge is 0.249 e. The van der Waals surface area contributed by atoms with E-state index in [0.29, 0.717) is 13.1 Å². The second-order valence-corrected chi connectivity index (χ2v) is 6.38. The molecule has 3 N–H and O–H groups in total. The minimum Gasteiger partial charge on any atom is -0.379 e. The van der Waals surface area contributed by atoms with Crippen LogP contribution in [-0.4, -0.2) is 62.4 Å². The Bertz CT molecular complexity index is 520. The maximum atomic E-state index is 12.4. The Morgan fingerprint density at radius 3 is 2.67 bits per heavy atom. The normalized spacial score (nSPS) is 26.2. The first-order valence-corrected chi connectivity index (χ1v) is 8.78. The Kier molecular flexibility index (Phi) is 6.20. The molecular formula is C18H27N3O3. The van der Waals surface area contributed by atoms with Gasteiger partial charge in [-0.05, 0) is 18.4 Å². The highest BCUT2D eigenvalue weighted by Crippen LogP contribution is 2.22. The lowest BCUT2D eigenvalue weighted by Crippen LogP contribution is -2.45. The number of ether oxygens (including phenoxy) is 2. The molecule has 6 heteroatoms. The van der Waals surface area contributed by atoms with Crippen molar-refractivity contribution < 1.29 is 14.3 Å². The molecule has 24 heavy (non-hydrogen) atoms. The second kappa shape index (κ2) is 8.58. The lowest BCUT2D eigenvalue weighted by atomic mass is 10.0. The van der Waals surface area contributed by atoms with Crippen molar-refractivity contribution in [3.8, 4) is 0 Å². The van der Waals surface area contributed by atoms with Crippen LogP contribution in [0.2, 0.25) is 0 Å². The van der Waals surface area contributed by atoms with Gasteiger partial charge in [-0.1, -0.05) is 30.3 Å². The number of nitrogens with one attached hydrogen (secondary N) is 1. The number of benzene rings is 1. The third kappa shape index (κ3) is 4.33. The Balaban J connectivity index is 1.60. The zero-order valence-electron chi connectivity index (χ0n) is 14.0. The van der Waals surface area contributed by atoms with Crippen molar-refractivity contribution in [2.45, 2.75) is 31.1 Å². The first kappa shape index (κ1) is 17.4. The summed E-state index contributed by atoms with van der Waals surface area (Å²) in [6.45, 7) is 4.29. The number of amides is 1. The average Bonchev–Trinajstić information content (AvgIpc) is 3.13. The molecular weight excluding hydrogens is 306 g/mol. The highest BCUT2D eigenvalue weighted by molar-refractivity contribution is 5.81. The zero-order chi connectivity index (χ0) is 16.8. The summed E-state index contributed by atoms with van der Waals surface area (Å²) in [4.78, 5) is 14.8. The van der Waals surface area contributed by atoms with Crippen LogP contribution in [-0.2, 0) is 14.3 Å². The van der Waals surface area contributed by atoms with E-state index in [0.717, 1.165) is 39.1 Å². The summed E-state index contributed by atoms with van der Waals surface area (Å²) in [6.07, 6.45) is 1.27. The van der Waals surface area contributed by atoms with Gasteiger partial charge in [0.25, 0.3) is 0 Å². The largest absolute Gasteiger partial charge is 0.379 e. The van der Waals surface area contributed by atoms with Crippen LogP contribution in [0.1, 0.15) is 24.4 Å². The summed E-state index contributed by atoms with van der Waals surface area (Å²) in [7, 11) is 0.